The molecule has 1 N–H and O–H groups in total. The van der Waals surface area contributed by atoms with Crippen molar-refractivity contribution in [3.05, 3.63) is 46.8 Å². The average Bonchev–Trinajstić information content (AvgIpc) is 3.31. The average molecular weight is 365 g/mol. The molecule has 0 saturated heterocycles. The van der Waals surface area contributed by atoms with Gasteiger partial charge in [0.1, 0.15) is 0 Å². The van der Waals surface area contributed by atoms with Gasteiger partial charge in [-0.2, -0.15) is 18.3 Å². The fourth-order valence-corrected chi connectivity index (χ4v) is 3.47. The van der Waals surface area contributed by atoms with E-state index in [4.69, 9.17) is 0 Å². The molecule has 1 aromatic heterocycles. The van der Waals surface area contributed by atoms with Gasteiger partial charge in [0, 0.05) is 12.0 Å². The van der Waals surface area contributed by atoms with Crippen molar-refractivity contribution in [1.82, 2.24) is 9.78 Å². The number of nitrogens with zero attached hydrogens (tertiary/aromatic N) is 2. The number of alkyl halides is 3. The van der Waals surface area contributed by atoms with Crippen molar-refractivity contribution in [2.45, 2.75) is 52.3 Å². The van der Waals surface area contributed by atoms with Crippen LogP contribution in [-0.2, 0) is 11.0 Å². The van der Waals surface area contributed by atoms with E-state index in [1.165, 1.54) is 12.1 Å². The number of carbonyl (C=O) groups is 1. The van der Waals surface area contributed by atoms with E-state index in [9.17, 15) is 18.0 Å². The first-order valence-electron chi connectivity index (χ1n) is 8.64. The quantitative estimate of drug-likeness (QED) is 0.843. The predicted molar refractivity (Wildman–Crippen MR) is 93.0 cm³/mol. The van der Waals surface area contributed by atoms with E-state index in [1.54, 1.807) is 6.07 Å². The zero-order valence-electron chi connectivity index (χ0n) is 15.2. The van der Waals surface area contributed by atoms with Gasteiger partial charge in [0.25, 0.3) is 0 Å². The third-order valence-electron chi connectivity index (χ3n) is 4.86. The molecule has 1 saturated carbocycles. The van der Waals surface area contributed by atoms with Crippen LogP contribution in [0.5, 0.6) is 0 Å². The standard InChI is InChI=1S/C19H22F3N3O/c1-10(2)25-12(4)17(11(3)24-25)23-18(26)15-9-14(15)13-7-5-6-8-16(13)19(20,21)22/h5-8,10,14-15H,9H2,1-4H3,(H,23,26)/t14-,15+/m1/s1. The van der Waals surface area contributed by atoms with Crippen LogP contribution in [0.25, 0.3) is 0 Å². The minimum absolute atomic E-state index is 0.159. The van der Waals surface area contributed by atoms with Gasteiger partial charge in [-0.05, 0) is 51.7 Å². The monoisotopic (exact) mass is 365 g/mol. The summed E-state index contributed by atoms with van der Waals surface area (Å²) in [4.78, 5) is 12.6. The Morgan fingerprint density at radius 1 is 1.27 bits per heavy atom. The number of hydrogen-bond donors (Lipinski definition) is 1. The molecule has 0 bridgehead atoms. The van der Waals surface area contributed by atoms with E-state index in [0.717, 1.165) is 11.8 Å². The molecule has 2 atom stereocenters. The topological polar surface area (TPSA) is 46.9 Å². The summed E-state index contributed by atoms with van der Waals surface area (Å²) in [5.41, 5.74) is 1.75. The highest BCUT2D eigenvalue weighted by Gasteiger charge is 2.48. The first kappa shape index (κ1) is 18.5. The largest absolute Gasteiger partial charge is 0.416 e. The molecule has 1 fully saturated rings. The number of rotatable bonds is 4. The Morgan fingerprint density at radius 3 is 2.50 bits per heavy atom. The van der Waals surface area contributed by atoms with Gasteiger partial charge < -0.3 is 5.32 Å². The second-order valence-corrected chi connectivity index (χ2v) is 7.11. The van der Waals surface area contributed by atoms with Gasteiger partial charge in [-0.1, -0.05) is 18.2 Å². The van der Waals surface area contributed by atoms with Crippen LogP contribution in [0.15, 0.2) is 24.3 Å². The molecule has 26 heavy (non-hydrogen) atoms. The number of aryl methyl sites for hydroxylation is 1. The minimum Gasteiger partial charge on any atom is -0.323 e. The molecule has 1 amide bonds. The molecular formula is C19H22F3N3O. The van der Waals surface area contributed by atoms with Gasteiger partial charge in [-0.15, -0.1) is 0 Å². The van der Waals surface area contributed by atoms with Crippen molar-refractivity contribution in [2.24, 2.45) is 5.92 Å². The summed E-state index contributed by atoms with van der Waals surface area (Å²) in [6, 6.07) is 5.65. The van der Waals surface area contributed by atoms with Crippen molar-refractivity contribution in [2.75, 3.05) is 5.32 Å². The van der Waals surface area contributed by atoms with Crippen molar-refractivity contribution >= 4 is 11.6 Å². The molecule has 140 valence electrons. The maximum Gasteiger partial charge on any atom is 0.416 e. The summed E-state index contributed by atoms with van der Waals surface area (Å²) in [7, 11) is 0. The second-order valence-electron chi connectivity index (χ2n) is 7.11. The number of anilines is 1. The van der Waals surface area contributed by atoms with Crippen LogP contribution in [0.2, 0.25) is 0 Å². The fourth-order valence-electron chi connectivity index (χ4n) is 3.47. The number of benzene rings is 1. The molecule has 2 aromatic rings. The summed E-state index contributed by atoms with van der Waals surface area (Å²) in [5.74, 6) is -1.09. The first-order chi connectivity index (χ1) is 12.1. The molecule has 1 heterocycles. The third kappa shape index (κ3) is 3.34. The van der Waals surface area contributed by atoms with E-state index in [1.807, 2.05) is 32.4 Å². The van der Waals surface area contributed by atoms with Gasteiger partial charge in [-0.3, -0.25) is 9.48 Å². The molecule has 1 aliphatic rings. The lowest BCUT2D eigenvalue weighted by Crippen LogP contribution is -2.17. The minimum atomic E-state index is -4.41. The van der Waals surface area contributed by atoms with Crippen LogP contribution in [0.4, 0.5) is 18.9 Å². The molecule has 1 aliphatic carbocycles. The van der Waals surface area contributed by atoms with Gasteiger partial charge in [0.2, 0.25) is 5.91 Å². The summed E-state index contributed by atoms with van der Waals surface area (Å²) >= 11 is 0. The lowest BCUT2D eigenvalue weighted by molar-refractivity contribution is -0.138. The highest BCUT2D eigenvalue weighted by atomic mass is 19.4. The number of amides is 1. The normalized spacial score (nSPS) is 19.7. The molecule has 0 unspecified atom stereocenters. The summed E-state index contributed by atoms with van der Waals surface area (Å²) in [5, 5.41) is 7.29. The lowest BCUT2D eigenvalue weighted by atomic mass is 10.0. The zero-order valence-corrected chi connectivity index (χ0v) is 15.2. The summed E-state index contributed by atoms with van der Waals surface area (Å²) < 4.78 is 41.4. The van der Waals surface area contributed by atoms with Crippen LogP contribution in [-0.4, -0.2) is 15.7 Å². The van der Waals surface area contributed by atoms with Crippen LogP contribution >= 0.6 is 0 Å². The van der Waals surface area contributed by atoms with Crippen molar-refractivity contribution < 1.29 is 18.0 Å². The Morgan fingerprint density at radius 2 is 1.92 bits per heavy atom. The number of aromatic nitrogens is 2. The summed E-state index contributed by atoms with van der Waals surface area (Å²) in [6.45, 7) is 7.68. The molecule has 4 nitrogen and oxygen atoms in total. The molecular weight excluding hydrogens is 343 g/mol. The molecule has 0 aliphatic heterocycles. The first-order valence-corrected chi connectivity index (χ1v) is 8.64. The van der Waals surface area contributed by atoms with Crippen molar-refractivity contribution in [3.8, 4) is 0 Å². The van der Waals surface area contributed by atoms with E-state index >= 15 is 0 Å². The Balaban J connectivity index is 1.77. The Kier molecular flexibility index (Phi) is 4.58. The molecule has 1 aromatic carbocycles. The van der Waals surface area contributed by atoms with Gasteiger partial charge in [-0.25, -0.2) is 0 Å². The van der Waals surface area contributed by atoms with Crippen LogP contribution in [0.3, 0.4) is 0 Å². The lowest BCUT2D eigenvalue weighted by Gasteiger charge is -2.12. The molecule has 7 heteroatoms. The number of carbonyl (C=O) groups excluding carboxylic acids is 1. The number of halogens is 3. The van der Waals surface area contributed by atoms with E-state index in [2.05, 4.69) is 10.4 Å². The molecule has 0 spiro atoms. The second kappa shape index (κ2) is 6.45. The van der Waals surface area contributed by atoms with E-state index in [0.29, 0.717) is 17.8 Å². The van der Waals surface area contributed by atoms with Crippen molar-refractivity contribution in [1.29, 1.82) is 0 Å². The number of nitrogens with one attached hydrogen (secondary N) is 1. The van der Waals surface area contributed by atoms with E-state index in [-0.39, 0.29) is 17.5 Å². The number of hydrogen-bond acceptors (Lipinski definition) is 2. The maximum absolute atomic E-state index is 13.2. The highest BCUT2D eigenvalue weighted by molar-refractivity contribution is 5.96. The van der Waals surface area contributed by atoms with Crippen LogP contribution < -0.4 is 5.32 Å². The Bertz CT molecular complexity index is 839. The highest BCUT2D eigenvalue weighted by Crippen LogP contribution is 2.51. The Labute approximate surface area is 150 Å². The van der Waals surface area contributed by atoms with Crippen molar-refractivity contribution in [3.63, 3.8) is 0 Å². The SMILES string of the molecule is Cc1nn(C(C)C)c(C)c1NC(=O)[C@H]1C[C@@H]1c1ccccc1C(F)(F)F. The van der Waals surface area contributed by atoms with Crippen LogP contribution in [0.1, 0.15) is 54.7 Å². The molecule has 0 radical (unpaired) electrons. The fraction of sp³-hybridized carbons (Fsp3) is 0.474. The van der Waals surface area contributed by atoms with E-state index < -0.39 is 23.6 Å². The summed E-state index contributed by atoms with van der Waals surface area (Å²) in [6.07, 6.45) is -3.98. The third-order valence-corrected chi connectivity index (χ3v) is 4.86. The smallest absolute Gasteiger partial charge is 0.323 e. The predicted octanol–water partition coefficient (Wildman–Crippen LogP) is 4.84. The maximum atomic E-state index is 13.2. The zero-order chi connectivity index (χ0) is 19.2. The van der Waals surface area contributed by atoms with Gasteiger partial charge in [0.05, 0.1) is 22.6 Å². The van der Waals surface area contributed by atoms with Crippen LogP contribution in [0, 0.1) is 19.8 Å². The van der Waals surface area contributed by atoms with Gasteiger partial charge in [0.15, 0.2) is 0 Å². The van der Waals surface area contributed by atoms with Gasteiger partial charge >= 0.3 is 6.18 Å². The Hall–Kier alpha value is -2.31. The molecule has 3 rings (SSSR count).